The molecule has 9 aromatic rings. The first-order chi connectivity index (χ1) is 30.3. The van der Waals surface area contributed by atoms with Gasteiger partial charge in [-0.2, -0.15) is 0 Å². The molecule has 1 aromatic heterocycles. The van der Waals surface area contributed by atoms with Crippen LogP contribution < -0.4 is 15.1 Å². The molecule has 5 heteroatoms. The van der Waals surface area contributed by atoms with E-state index in [0.717, 1.165) is 39.5 Å². The van der Waals surface area contributed by atoms with Gasteiger partial charge in [-0.3, -0.25) is 0 Å². The standard InChI is InChI=1S/C56H41N5/c1-5-17-40(18-6-1)48-37-49(41-19-7-2-8-20-41)58-56(57-48)42-31-29-38(30-32-42)39-33-35-45(36-34-39)60-51-28-16-14-26-47(51)53-55(60)54-52(61(53)44-23-11-4-12-24-44)46-25-13-15-27-50(46)59(54)43-21-9-3-10-22-43/h1-37,48,52,54H,(H,57,58). The number of aliphatic imine (C=N–C) groups is 1. The van der Waals surface area contributed by atoms with Crippen LogP contribution in [0.2, 0.25) is 0 Å². The molecule has 12 rings (SSSR count). The van der Waals surface area contributed by atoms with Crippen LogP contribution in [0.15, 0.2) is 229 Å². The zero-order chi connectivity index (χ0) is 40.3. The molecule has 0 spiro atoms. The fourth-order valence-corrected chi connectivity index (χ4v) is 9.84. The maximum atomic E-state index is 5.14. The summed E-state index contributed by atoms with van der Waals surface area (Å²) < 4.78 is 2.52. The van der Waals surface area contributed by atoms with E-state index in [0.29, 0.717) is 0 Å². The Balaban J connectivity index is 0.938. The largest absolute Gasteiger partial charge is 0.359 e. The van der Waals surface area contributed by atoms with Crippen LogP contribution in [-0.2, 0) is 0 Å². The second kappa shape index (κ2) is 14.4. The highest BCUT2D eigenvalue weighted by Crippen LogP contribution is 2.64. The van der Waals surface area contributed by atoms with Crippen molar-refractivity contribution in [3.8, 4) is 16.8 Å². The van der Waals surface area contributed by atoms with E-state index >= 15 is 0 Å². The van der Waals surface area contributed by atoms with Crippen LogP contribution in [0.1, 0.15) is 46.1 Å². The highest BCUT2D eigenvalue weighted by molar-refractivity contribution is 6.04. The number of anilines is 4. The lowest BCUT2D eigenvalue weighted by Crippen LogP contribution is -2.31. The topological polar surface area (TPSA) is 35.8 Å². The monoisotopic (exact) mass is 783 g/mol. The lowest BCUT2D eigenvalue weighted by Gasteiger charge is -2.30. The molecule has 3 unspecified atom stereocenters. The normalized spacial score (nSPS) is 17.6. The Kier molecular flexibility index (Phi) is 8.30. The molecule has 0 saturated heterocycles. The number of para-hydroxylation sites is 4. The number of aromatic nitrogens is 1. The van der Waals surface area contributed by atoms with Gasteiger partial charge in [-0.05, 0) is 76.9 Å². The fourth-order valence-electron chi connectivity index (χ4n) is 9.84. The summed E-state index contributed by atoms with van der Waals surface area (Å²) >= 11 is 0. The van der Waals surface area contributed by atoms with Crippen LogP contribution in [0.3, 0.4) is 0 Å². The Hall–Kier alpha value is -7.89. The van der Waals surface area contributed by atoms with Crippen LogP contribution in [0.5, 0.6) is 0 Å². The van der Waals surface area contributed by atoms with Crippen molar-refractivity contribution in [1.29, 1.82) is 0 Å². The van der Waals surface area contributed by atoms with Crippen molar-refractivity contribution >= 4 is 45.2 Å². The van der Waals surface area contributed by atoms with Crippen molar-refractivity contribution in [3.63, 3.8) is 0 Å². The Bertz CT molecular complexity index is 3100. The minimum absolute atomic E-state index is 0.00978. The maximum absolute atomic E-state index is 5.14. The summed E-state index contributed by atoms with van der Waals surface area (Å²) in [5.41, 5.74) is 16.5. The molecule has 0 fully saturated rings. The van der Waals surface area contributed by atoms with Crippen LogP contribution in [-0.4, -0.2) is 10.4 Å². The average Bonchev–Trinajstić information content (AvgIpc) is 3.98. The molecule has 0 amide bonds. The molecule has 290 valence electrons. The number of nitrogens with one attached hydrogen (secondary N) is 1. The Morgan fingerprint density at radius 3 is 1.69 bits per heavy atom. The van der Waals surface area contributed by atoms with Gasteiger partial charge in [-0.15, -0.1) is 0 Å². The Labute approximate surface area is 355 Å². The number of fused-ring (bicyclic) bond motifs is 7. The summed E-state index contributed by atoms with van der Waals surface area (Å²) in [5.74, 6) is 0.868. The van der Waals surface area contributed by atoms with Gasteiger partial charge >= 0.3 is 0 Å². The number of rotatable bonds is 7. The number of hydrogen-bond donors (Lipinski definition) is 1. The summed E-state index contributed by atoms with van der Waals surface area (Å²) in [5, 5.41) is 4.97. The lowest BCUT2D eigenvalue weighted by molar-refractivity contribution is 0.614. The zero-order valence-electron chi connectivity index (χ0n) is 33.4. The first-order valence-corrected chi connectivity index (χ1v) is 21.1. The summed E-state index contributed by atoms with van der Waals surface area (Å²) in [6, 6.07) is 78.8. The Morgan fingerprint density at radius 1 is 0.426 bits per heavy atom. The van der Waals surface area contributed by atoms with Gasteiger partial charge in [0, 0.05) is 39.3 Å². The molecule has 61 heavy (non-hydrogen) atoms. The molecular weight excluding hydrogens is 743 g/mol. The van der Waals surface area contributed by atoms with E-state index in [-0.39, 0.29) is 18.1 Å². The minimum Gasteiger partial charge on any atom is -0.359 e. The van der Waals surface area contributed by atoms with E-state index in [9.17, 15) is 0 Å². The van der Waals surface area contributed by atoms with Gasteiger partial charge in [0.25, 0.3) is 0 Å². The number of hydrogen-bond acceptors (Lipinski definition) is 4. The lowest BCUT2D eigenvalue weighted by atomic mass is 9.99. The summed E-state index contributed by atoms with van der Waals surface area (Å²) in [4.78, 5) is 10.3. The number of nitrogens with zero attached hydrogens (tertiary/aromatic N) is 4. The van der Waals surface area contributed by atoms with Crippen LogP contribution >= 0.6 is 0 Å². The van der Waals surface area contributed by atoms with Gasteiger partial charge in [0.15, 0.2) is 0 Å². The molecule has 3 aliphatic rings. The van der Waals surface area contributed by atoms with Gasteiger partial charge in [0.2, 0.25) is 0 Å². The maximum Gasteiger partial charge on any atom is 0.134 e. The quantitative estimate of drug-likeness (QED) is 0.175. The number of amidine groups is 1. The number of benzene rings is 8. The van der Waals surface area contributed by atoms with Gasteiger partial charge in [0.1, 0.15) is 11.9 Å². The summed E-state index contributed by atoms with van der Waals surface area (Å²) in [7, 11) is 0. The predicted octanol–water partition coefficient (Wildman–Crippen LogP) is 13.5. The molecule has 3 aliphatic heterocycles. The van der Waals surface area contributed by atoms with E-state index in [1.807, 2.05) is 6.07 Å². The second-order valence-electron chi connectivity index (χ2n) is 16.0. The van der Waals surface area contributed by atoms with Crippen molar-refractivity contribution in [2.75, 3.05) is 9.80 Å². The fraction of sp³-hybridized carbons (Fsp3) is 0.0536. The van der Waals surface area contributed by atoms with Crippen molar-refractivity contribution in [3.05, 3.63) is 252 Å². The molecule has 0 saturated carbocycles. The van der Waals surface area contributed by atoms with E-state index < -0.39 is 0 Å². The van der Waals surface area contributed by atoms with Gasteiger partial charge in [-0.25, -0.2) is 4.99 Å². The van der Waals surface area contributed by atoms with Crippen molar-refractivity contribution < 1.29 is 0 Å². The van der Waals surface area contributed by atoms with E-state index in [1.54, 1.807) is 0 Å². The minimum atomic E-state index is 0.00978. The average molecular weight is 784 g/mol. The molecule has 5 nitrogen and oxygen atoms in total. The van der Waals surface area contributed by atoms with Crippen molar-refractivity contribution in [1.82, 2.24) is 9.88 Å². The molecular formula is C56H41N5. The predicted molar refractivity (Wildman–Crippen MR) is 251 cm³/mol. The third kappa shape index (κ3) is 5.81. The van der Waals surface area contributed by atoms with Gasteiger partial charge in [0.05, 0.1) is 34.7 Å². The molecule has 3 atom stereocenters. The molecule has 0 bridgehead atoms. The highest BCUT2D eigenvalue weighted by Gasteiger charge is 2.53. The first kappa shape index (κ1) is 35.1. The van der Waals surface area contributed by atoms with E-state index in [2.05, 4.69) is 238 Å². The zero-order valence-corrected chi connectivity index (χ0v) is 33.4. The second-order valence-corrected chi connectivity index (χ2v) is 16.0. The smallest absolute Gasteiger partial charge is 0.134 e. The first-order valence-electron chi connectivity index (χ1n) is 21.1. The van der Waals surface area contributed by atoms with E-state index in [4.69, 9.17) is 4.99 Å². The molecule has 0 aliphatic carbocycles. The molecule has 0 radical (unpaired) electrons. The summed E-state index contributed by atoms with van der Waals surface area (Å²) in [6.45, 7) is 0. The van der Waals surface area contributed by atoms with E-state index in [1.165, 1.54) is 50.5 Å². The SMILES string of the molecule is C1=C(c2ccccc2)N=C(c2ccc(-c3ccc(-n4c5c(c6ccccc64)N(c4ccccc4)C4c6ccccc6N(c6ccccc6)C54)cc3)cc2)NC1c1ccccc1. The van der Waals surface area contributed by atoms with Crippen LogP contribution in [0.4, 0.5) is 22.7 Å². The third-order valence-corrected chi connectivity index (χ3v) is 12.5. The van der Waals surface area contributed by atoms with Gasteiger partial charge in [-0.1, -0.05) is 170 Å². The molecule has 1 N–H and O–H groups in total. The third-order valence-electron chi connectivity index (χ3n) is 12.5. The highest BCUT2D eigenvalue weighted by atomic mass is 15.4. The molecule has 4 heterocycles. The Morgan fingerprint density at radius 2 is 0.984 bits per heavy atom. The van der Waals surface area contributed by atoms with Crippen LogP contribution in [0, 0.1) is 0 Å². The van der Waals surface area contributed by atoms with Gasteiger partial charge < -0.3 is 19.7 Å². The van der Waals surface area contributed by atoms with Crippen molar-refractivity contribution in [2.45, 2.75) is 18.1 Å². The van der Waals surface area contributed by atoms with Crippen LogP contribution in [0.25, 0.3) is 33.4 Å². The van der Waals surface area contributed by atoms with Crippen molar-refractivity contribution in [2.24, 2.45) is 4.99 Å². The molecule has 8 aromatic carbocycles. The summed E-state index contributed by atoms with van der Waals surface area (Å²) in [6.07, 6.45) is 2.22.